The van der Waals surface area contributed by atoms with E-state index in [4.69, 9.17) is 14.6 Å². The molecule has 0 radical (unpaired) electrons. The van der Waals surface area contributed by atoms with E-state index in [0.29, 0.717) is 12.5 Å². The summed E-state index contributed by atoms with van der Waals surface area (Å²) >= 11 is 0. The van der Waals surface area contributed by atoms with Crippen molar-refractivity contribution in [3.63, 3.8) is 0 Å². The van der Waals surface area contributed by atoms with Crippen LogP contribution in [0.5, 0.6) is 0 Å². The number of carboxylic acids is 1. The molecule has 4 rings (SSSR count). The summed E-state index contributed by atoms with van der Waals surface area (Å²) < 4.78 is 37.0. The molecule has 3 saturated heterocycles. The maximum Gasteiger partial charge on any atom is 0.490 e. The van der Waals surface area contributed by atoms with E-state index >= 15 is 0 Å². The monoisotopic (exact) mass is 527 g/mol. The molecule has 37 heavy (non-hydrogen) atoms. The predicted molar refractivity (Wildman–Crippen MR) is 130 cm³/mol. The van der Waals surface area contributed by atoms with Crippen LogP contribution >= 0.6 is 0 Å². The molecule has 1 aromatic rings. The zero-order valence-electron chi connectivity index (χ0n) is 21.9. The minimum absolute atomic E-state index is 0.0398. The summed E-state index contributed by atoms with van der Waals surface area (Å²) in [6.45, 7) is 9.67. The van der Waals surface area contributed by atoms with Crippen LogP contribution in [0, 0.1) is 24.7 Å². The third-order valence-electron chi connectivity index (χ3n) is 8.00. The van der Waals surface area contributed by atoms with Crippen molar-refractivity contribution in [3.05, 3.63) is 34.9 Å². The molecule has 0 bridgehead atoms. The molecule has 3 aliphatic rings. The second-order valence-corrected chi connectivity index (χ2v) is 10.5. The summed E-state index contributed by atoms with van der Waals surface area (Å²) in [5.41, 5.74) is 2.68. The van der Waals surface area contributed by atoms with Crippen molar-refractivity contribution in [2.75, 3.05) is 60.0 Å². The number of aliphatic carboxylic acids is 1. The fourth-order valence-electron chi connectivity index (χ4n) is 6.19. The molecule has 1 unspecified atom stereocenters. The van der Waals surface area contributed by atoms with Gasteiger partial charge >= 0.3 is 12.1 Å². The Balaban J connectivity index is 0.000000479. The summed E-state index contributed by atoms with van der Waals surface area (Å²) in [6.07, 6.45) is -2.37. The van der Waals surface area contributed by atoms with E-state index < -0.39 is 12.1 Å². The van der Waals surface area contributed by atoms with E-state index in [1.165, 1.54) is 0 Å². The van der Waals surface area contributed by atoms with Crippen LogP contribution in [0.1, 0.15) is 40.7 Å². The smallest absolute Gasteiger partial charge is 0.475 e. The quantitative estimate of drug-likeness (QED) is 0.648. The van der Waals surface area contributed by atoms with Crippen LogP contribution in [0.3, 0.4) is 0 Å². The molecule has 206 valence electrons. The average molecular weight is 528 g/mol. The van der Waals surface area contributed by atoms with Crippen LogP contribution in [-0.4, -0.2) is 104 Å². The number of amides is 2. The molecule has 8 nitrogen and oxygen atoms in total. The number of nitrogens with zero attached hydrogens (tertiary/aromatic N) is 3. The van der Waals surface area contributed by atoms with E-state index in [9.17, 15) is 22.8 Å². The van der Waals surface area contributed by atoms with Gasteiger partial charge in [0.2, 0.25) is 5.91 Å². The van der Waals surface area contributed by atoms with Crippen molar-refractivity contribution in [2.24, 2.45) is 10.8 Å². The SMILES string of the molecule is COCCN1CC2(CCN(C(=O)c3cc(C)cc(C)c3)CC2)C2(CCN(C)C2=O)C1.O=C(O)C(F)(F)F. The zero-order chi connectivity index (χ0) is 27.6. The van der Waals surface area contributed by atoms with Crippen LogP contribution in [0.25, 0.3) is 0 Å². The van der Waals surface area contributed by atoms with Crippen LogP contribution in [0.15, 0.2) is 18.2 Å². The van der Waals surface area contributed by atoms with Gasteiger partial charge in [-0.3, -0.25) is 14.5 Å². The van der Waals surface area contributed by atoms with E-state index in [1.54, 1.807) is 7.11 Å². The van der Waals surface area contributed by atoms with Gasteiger partial charge < -0.3 is 19.6 Å². The van der Waals surface area contributed by atoms with Crippen LogP contribution in [0.2, 0.25) is 0 Å². The Morgan fingerprint density at radius 3 is 2.05 bits per heavy atom. The summed E-state index contributed by atoms with van der Waals surface area (Å²) in [4.78, 5) is 41.7. The molecule has 2 spiro atoms. The number of carbonyl (C=O) groups excluding carboxylic acids is 2. The minimum Gasteiger partial charge on any atom is -0.475 e. The minimum atomic E-state index is -5.08. The number of methoxy groups -OCH3 is 1. The third-order valence-corrected chi connectivity index (χ3v) is 8.00. The molecule has 3 aliphatic heterocycles. The highest BCUT2D eigenvalue weighted by Gasteiger charge is 2.64. The van der Waals surface area contributed by atoms with Gasteiger partial charge in [0.1, 0.15) is 0 Å². The number of likely N-dealkylation sites (tertiary alicyclic amines) is 3. The van der Waals surface area contributed by atoms with Gasteiger partial charge in [-0.15, -0.1) is 0 Å². The maximum absolute atomic E-state index is 13.3. The standard InChI is InChI=1S/C24H35N3O3.C2HF3O2/c1-18-13-19(2)15-20(14-18)21(28)27-9-5-23(6-10-27)16-26(11-12-30-4)17-24(23)7-8-25(3)22(24)29;3-2(4,5)1(6)7/h13-15H,5-12,16-17H2,1-4H3;(H,6,7). The molecule has 2 amide bonds. The molecule has 3 heterocycles. The van der Waals surface area contributed by atoms with Crippen LogP contribution in [-0.2, 0) is 14.3 Å². The van der Waals surface area contributed by atoms with Gasteiger partial charge in [0.05, 0.1) is 12.0 Å². The van der Waals surface area contributed by atoms with Crippen molar-refractivity contribution in [3.8, 4) is 0 Å². The molecule has 1 atom stereocenters. The van der Waals surface area contributed by atoms with E-state index in [1.807, 2.05) is 42.8 Å². The van der Waals surface area contributed by atoms with Crippen molar-refractivity contribution in [2.45, 2.75) is 39.3 Å². The Bertz CT molecular complexity index is 1000. The maximum atomic E-state index is 13.3. The molecule has 0 aromatic heterocycles. The number of alkyl halides is 3. The fourth-order valence-corrected chi connectivity index (χ4v) is 6.19. The molecule has 0 saturated carbocycles. The summed E-state index contributed by atoms with van der Waals surface area (Å²) in [7, 11) is 3.66. The highest BCUT2D eigenvalue weighted by Crippen LogP contribution is 2.57. The van der Waals surface area contributed by atoms with E-state index in [-0.39, 0.29) is 16.7 Å². The Kier molecular flexibility index (Phi) is 8.58. The third kappa shape index (κ3) is 5.93. The summed E-state index contributed by atoms with van der Waals surface area (Å²) in [5, 5.41) is 7.12. The Hall–Kier alpha value is -2.66. The number of fused-ring (bicyclic) bond motifs is 1. The molecule has 11 heteroatoms. The zero-order valence-corrected chi connectivity index (χ0v) is 21.9. The Morgan fingerprint density at radius 1 is 1.03 bits per heavy atom. The number of hydrogen-bond donors (Lipinski definition) is 1. The number of hydrogen-bond acceptors (Lipinski definition) is 5. The van der Waals surface area contributed by atoms with E-state index in [0.717, 1.165) is 75.2 Å². The second kappa shape index (κ2) is 11.0. The Labute approximate surface area is 215 Å². The van der Waals surface area contributed by atoms with Crippen LogP contribution < -0.4 is 0 Å². The first-order chi connectivity index (χ1) is 17.2. The molecule has 0 aliphatic carbocycles. The van der Waals surface area contributed by atoms with Crippen molar-refractivity contribution < 1.29 is 37.4 Å². The number of carboxylic acid groups (broad SMARTS) is 1. The van der Waals surface area contributed by atoms with Gasteiger partial charge in [-0.1, -0.05) is 17.2 Å². The fraction of sp³-hybridized carbons (Fsp3) is 0.654. The lowest BCUT2D eigenvalue weighted by Gasteiger charge is -2.47. The topological polar surface area (TPSA) is 90.4 Å². The predicted octanol–water partition coefficient (Wildman–Crippen LogP) is 2.97. The molecule has 3 fully saturated rings. The van der Waals surface area contributed by atoms with Crippen LogP contribution in [0.4, 0.5) is 13.2 Å². The number of halogens is 3. The lowest BCUT2D eigenvalue weighted by Crippen LogP contribution is -2.53. The molecular weight excluding hydrogens is 491 g/mol. The number of piperidine rings is 1. The normalized spacial score (nSPS) is 23.5. The second-order valence-electron chi connectivity index (χ2n) is 10.5. The highest BCUT2D eigenvalue weighted by atomic mass is 19.4. The van der Waals surface area contributed by atoms with Crippen molar-refractivity contribution >= 4 is 17.8 Å². The number of ether oxygens (including phenoxy) is 1. The summed E-state index contributed by atoms with van der Waals surface area (Å²) in [5.74, 6) is -2.33. The number of benzene rings is 1. The summed E-state index contributed by atoms with van der Waals surface area (Å²) in [6, 6.07) is 6.07. The average Bonchev–Trinajstić information content (AvgIpc) is 3.28. The van der Waals surface area contributed by atoms with Gasteiger partial charge in [0.25, 0.3) is 5.91 Å². The highest BCUT2D eigenvalue weighted by molar-refractivity contribution is 5.94. The Morgan fingerprint density at radius 2 is 1.59 bits per heavy atom. The first-order valence-corrected chi connectivity index (χ1v) is 12.4. The molecule has 1 aromatic carbocycles. The van der Waals surface area contributed by atoms with E-state index in [2.05, 4.69) is 11.0 Å². The first-order valence-electron chi connectivity index (χ1n) is 12.4. The molecule has 1 N–H and O–H groups in total. The van der Waals surface area contributed by atoms with Crippen molar-refractivity contribution in [1.29, 1.82) is 0 Å². The van der Waals surface area contributed by atoms with Gasteiger partial charge in [-0.05, 0) is 45.2 Å². The van der Waals surface area contributed by atoms with Gasteiger partial charge in [-0.2, -0.15) is 13.2 Å². The number of aryl methyl sites for hydroxylation is 2. The molecular formula is C26H36F3N3O5. The van der Waals surface area contributed by atoms with Crippen molar-refractivity contribution in [1.82, 2.24) is 14.7 Å². The number of carbonyl (C=O) groups is 3. The van der Waals surface area contributed by atoms with Gasteiger partial charge in [-0.25, -0.2) is 4.79 Å². The lowest BCUT2D eigenvalue weighted by molar-refractivity contribution is -0.192. The van der Waals surface area contributed by atoms with Gasteiger partial charge in [0, 0.05) is 64.4 Å². The largest absolute Gasteiger partial charge is 0.490 e. The lowest BCUT2D eigenvalue weighted by atomic mass is 9.60. The first kappa shape index (κ1) is 28.9. The number of rotatable bonds is 4. The van der Waals surface area contributed by atoms with Gasteiger partial charge in [0.15, 0.2) is 0 Å².